The van der Waals surface area contributed by atoms with Crippen molar-refractivity contribution < 1.29 is 14.0 Å². The molecule has 2 aromatic rings. The third-order valence-electron chi connectivity index (χ3n) is 2.85. The fourth-order valence-electron chi connectivity index (χ4n) is 1.77. The van der Waals surface area contributed by atoms with E-state index in [1.54, 1.807) is 29.2 Å². The van der Waals surface area contributed by atoms with Gasteiger partial charge in [0.05, 0.1) is 16.1 Å². The summed E-state index contributed by atoms with van der Waals surface area (Å²) < 4.78 is 5.01. The third-order valence-corrected chi connectivity index (χ3v) is 3.84. The molecule has 0 saturated heterocycles. The van der Waals surface area contributed by atoms with Gasteiger partial charge in [0.15, 0.2) is 5.76 Å². The Morgan fingerprint density at radius 1 is 1.25 bits per heavy atom. The maximum atomic E-state index is 12.1. The van der Waals surface area contributed by atoms with Crippen LogP contribution in [0.4, 0.5) is 5.00 Å². The molecule has 106 valence electrons. The van der Waals surface area contributed by atoms with E-state index in [1.807, 2.05) is 13.8 Å². The second kappa shape index (κ2) is 6.38. The summed E-state index contributed by atoms with van der Waals surface area (Å²) in [6, 6.07) is 6.69. The van der Waals surface area contributed by atoms with Gasteiger partial charge in [0, 0.05) is 13.1 Å². The number of anilines is 1. The molecular weight excluding hydrogens is 276 g/mol. The van der Waals surface area contributed by atoms with Crippen LogP contribution in [0.2, 0.25) is 0 Å². The zero-order chi connectivity index (χ0) is 14.5. The first-order valence-corrected chi connectivity index (χ1v) is 7.21. The van der Waals surface area contributed by atoms with Crippen LogP contribution in [0.25, 0.3) is 0 Å². The standard InChI is InChI=1S/C14H16N2O3S/c1-3-16(4-2)14(18)11-7-8-12(20-11)15-13(17)10-6-5-9-19-10/h5-9H,3-4H2,1-2H3,(H,15,17). The molecule has 0 aromatic carbocycles. The number of amides is 2. The molecule has 0 saturated carbocycles. The maximum absolute atomic E-state index is 12.1. The summed E-state index contributed by atoms with van der Waals surface area (Å²) in [5.41, 5.74) is 0. The van der Waals surface area contributed by atoms with Crippen LogP contribution >= 0.6 is 11.3 Å². The van der Waals surface area contributed by atoms with Gasteiger partial charge in [-0.15, -0.1) is 11.3 Å². The van der Waals surface area contributed by atoms with E-state index in [1.165, 1.54) is 17.6 Å². The van der Waals surface area contributed by atoms with Crippen LogP contribution in [0.3, 0.4) is 0 Å². The average molecular weight is 292 g/mol. The van der Waals surface area contributed by atoms with Gasteiger partial charge in [-0.25, -0.2) is 0 Å². The predicted octanol–water partition coefficient (Wildman–Crippen LogP) is 3.08. The van der Waals surface area contributed by atoms with Crippen molar-refractivity contribution in [3.05, 3.63) is 41.2 Å². The second-order valence-electron chi connectivity index (χ2n) is 4.07. The Bertz CT molecular complexity index is 585. The van der Waals surface area contributed by atoms with Crippen molar-refractivity contribution in [2.45, 2.75) is 13.8 Å². The highest BCUT2D eigenvalue weighted by Crippen LogP contribution is 2.24. The molecule has 1 N–H and O–H groups in total. The first-order chi connectivity index (χ1) is 9.65. The lowest BCUT2D eigenvalue weighted by molar-refractivity contribution is 0.0777. The Labute approximate surface area is 121 Å². The van der Waals surface area contributed by atoms with E-state index in [0.29, 0.717) is 23.0 Å². The molecule has 0 atom stereocenters. The number of carbonyl (C=O) groups is 2. The fourth-order valence-corrected chi connectivity index (χ4v) is 2.64. The summed E-state index contributed by atoms with van der Waals surface area (Å²) in [6.07, 6.45) is 1.44. The van der Waals surface area contributed by atoms with E-state index in [9.17, 15) is 9.59 Å². The maximum Gasteiger partial charge on any atom is 0.291 e. The molecule has 0 bridgehead atoms. The Morgan fingerprint density at radius 2 is 2.00 bits per heavy atom. The SMILES string of the molecule is CCN(CC)C(=O)c1ccc(NC(=O)c2ccco2)s1. The highest BCUT2D eigenvalue weighted by atomic mass is 32.1. The van der Waals surface area contributed by atoms with Crippen LogP contribution in [0.1, 0.15) is 34.1 Å². The highest BCUT2D eigenvalue weighted by Gasteiger charge is 2.16. The molecule has 2 amide bonds. The zero-order valence-corrected chi connectivity index (χ0v) is 12.2. The summed E-state index contributed by atoms with van der Waals surface area (Å²) in [4.78, 5) is 26.3. The molecule has 0 spiro atoms. The molecule has 6 heteroatoms. The number of hydrogen-bond acceptors (Lipinski definition) is 4. The van der Waals surface area contributed by atoms with Gasteiger partial charge in [0.25, 0.3) is 11.8 Å². The highest BCUT2D eigenvalue weighted by molar-refractivity contribution is 7.18. The minimum absolute atomic E-state index is 0.0153. The van der Waals surface area contributed by atoms with Gasteiger partial charge in [0.2, 0.25) is 0 Å². The van der Waals surface area contributed by atoms with E-state index in [2.05, 4.69) is 5.32 Å². The molecule has 2 aromatic heterocycles. The van der Waals surface area contributed by atoms with Gasteiger partial charge in [0.1, 0.15) is 0 Å². The van der Waals surface area contributed by atoms with Crippen LogP contribution in [-0.4, -0.2) is 29.8 Å². The van der Waals surface area contributed by atoms with Crippen molar-refractivity contribution in [3.8, 4) is 0 Å². The molecule has 0 aliphatic rings. The third kappa shape index (κ3) is 3.08. The van der Waals surface area contributed by atoms with E-state index < -0.39 is 0 Å². The minimum atomic E-state index is -0.321. The molecule has 2 heterocycles. The van der Waals surface area contributed by atoms with Gasteiger partial charge >= 0.3 is 0 Å². The topological polar surface area (TPSA) is 62.6 Å². The fraction of sp³-hybridized carbons (Fsp3) is 0.286. The normalized spacial score (nSPS) is 10.3. The monoisotopic (exact) mass is 292 g/mol. The molecule has 20 heavy (non-hydrogen) atoms. The molecule has 0 aliphatic carbocycles. The number of carbonyl (C=O) groups excluding carboxylic acids is 2. The Hall–Kier alpha value is -2.08. The number of hydrogen-bond donors (Lipinski definition) is 1. The Balaban J connectivity index is 2.06. The number of furan rings is 1. The van der Waals surface area contributed by atoms with Gasteiger partial charge in [-0.1, -0.05) is 0 Å². The molecule has 2 rings (SSSR count). The van der Waals surface area contributed by atoms with Gasteiger partial charge < -0.3 is 14.6 Å². The summed E-state index contributed by atoms with van der Waals surface area (Å²) in [7, 11) is 0. The van der Waals surface area contributed by atoms with E-state index >= 15 is 0 Å². The summed E-state index contributed by atoms with van der Waals surface area (Å²) in [6.45, 7) is 5.21. The van der Waals surface area contributed by atoms with Crippen LogP contribution in [0.5, 0.6) is 0 Å². The Morgan fingerprint density at radius 3 is 2.60 bits per heavy atom. The molecule has 0 radical (unpaired) electrons. The number of rotatable bonds is 5. The lowest BCUT2D eigenvalue weighted by Gasteiger charge is -2.17. The first-order valence-electron chi connectivity index (χ1n) is 6.39. The summed E-state index contributed by atoms with van der Waals surface area (Å²) in [5, 5.41) is 3.34. The van der Waals surface area contributed by atoms with Gasteiger partial charge in [-0.3, -0.25) is 9.59 Å². The van der Waals surface area contributed by atoms with Crippen LogP contribution in [-0.2, 0) is 0 Å². The quantitative estimate of drug-likeness (QED) is 0.921. The zero-order valence-electron chi connectivity index (χ0n) is 11.4. The van der Waals surface area contributed by atoms with Crippen molar-refractivity contribution in [3.63, 3.8) is 0 Å². The van der Waals surface area contributed by atoms with E-state index in [0.717, 1.165) is 0 Å². The van der Waals surface area contributed by atoms with Crippen molar-refractivity contribution in [1.82, 2.24) is 4.90 Å². The van der Waals surface area contributed by atoms with Crippen LogP contribution in [0.15, 0.2) is 34.9 Å². The molecule has 0 aliphatic heterocycles. The molecule has 0 unspecified atom stereocenters. The number of thiophene rings is 1. The van der Waals surface area contributed by atoms with Crippen molar-refractivity contribution in [2.75, 3.05) is 18.4 Å². The lowest BCUT2D eigenvalue weighted by atomic mass is 10.4. The summed E-state index contributed by atoms with van der Waals surface area (Å²) >= 11 is 1.26. The van der Waals surface area contributed by atoms with Crippen molar-refractivity contribution >= 4 is 28.2 Å². The smallest absolute Gasteiger partial charge is 0.291 e. The molecular formula is C14H16N2O3S. The minimum Gasteiger partial charge on any atom is -0.459 e. The largest absolute Gasteiger partial charge is 0.459 e. The number of nitrogens with zero attached hydrogens (tertiary/aromatic N) is 1. The van der Waals surface area contributed by atoms with Gasteiger partial charge in [-0.2, -0.15) is 0 Å². The number of nitrogens with one attached hydrogen (secondary N) is 1. The molecule has 5 nitrogen and oxygen atoms in total. The predicted molar refractivity (Wildman–Crippen MR) is 78.2 cm³/mol. The average Bonchev–Trinajstić information content (AvgIpc) is 3.11. The van der Waals surface area contributed by atoms with Crippen molar-refractivity contribution in [1.29, 1.82) is 0 Å². The van der Waals surface area contributed by atoms with E-state index in [4.69, 9.17) is 4.42 Å². The molecule has 0 fully saturated rings. The van der Waals surface area contributed by atoms with E-state index in [-0.39, 0.29) is 17.6 Å². The second-order valence-corrected chi connectivity index (χ2v) is 5.16. The first kappa shape index (κ1) is 14.3. The Kier molecular flexibility index (Phi) is 4.57. The lowest BCUT2D eigenvalue weighted by Crippen LogP contribution is -2.29. The summed E-state index contributed by atoms with van der Waals surface area (Å²) in [5.74, 6) is -0.0906. The van der Waals surface area contributed by atoms with Crippen LogP contribution in [0, 0.1) is 0 Å². The van der Waals surface area contributed by atoms with Crippen molar-refractivity contribution in [2.24, 2.45) is 0 Å². The van der Waals surface area contributed by atoms with Crippen LogP contribution < -0.4 is 5.32 Å². The van der Waals surface area contributed by atoms with Gasteiger partial charge in [-0.05, 0) is 38.1 Å².